The summed E-state index contributed by atoms with van der Waals surface area (Å²) in [5, 5.41) is 6.33. The van der Waals surface area contributed by atoms with Crippen LogP contribution in [0.4, 0.5) is 13.2 Å². The van der Waals surface area contributed by atoms with E-state index in [2.05, 4.69) is 15.4 Å². The van der Waals surface area contributed by atoms with Crippen molar-refractivity contribution in [1.29, 1.82) is 0 Å². The first kappa shape index (κ1) is 23.2. The molecule has 3 fully saturated rings. The van der Waals surface area contributed by atoms with E-state index in [1.54, 1.807) is 24.3 Å². The van der Waals surface area contributed by atoms with Gasteiger partial charge in [0.05, 0.1) is 5.41 Å². The highest BCUT2D eigenvalue weighted by Crippen LogP contribution is 2.67. The number of aryl methyl sites for hydroxylation is 1. The van der Waals surface area contributed by atoms with E-state index in [-0.39, 0.29) is 30.7 Å². The first-order valence-electron chi connectivity index (χ1n) is 10.3. The molecule has 33 heavy (non-hydrogen) atoms. The Bertz CT molecular complexity index is 1070. The van der Waals surface area contributed by atoms with Crippen molar-refractivity contribution in [2.45, 2.75) is 44.6 Å². The van der Waals surface area contributed by atoms with E-state index in [0.29, 0.717) is 35.6 Å². The largest absolute Gasteiger partial charge is 0.573 e. The summed E-state index contributed by atoms with van der Waals surface area (Å²) >= 11 is 5.97. The summed E-state index contributed by atoms with van der Waals surface area (Å²) < 4.78 is 46.5. The number of halogens is 4. The number of rotatable bonds is 8. The van der Waals surface area contributed by atoms with Crippen LogP contribution in [0.2, 0.25) is 5.02 Å². The average Bonchev–Trinajstić information content (AvgIpc) is 2.67. The molecule has 5 rings (SSSR count). The van der Waals surface area contributed by atoms with Gasteiger partial charge in [0.15, 0.2) is 6.61 Å². The number of ether oxygens (including phenoxy) is 2. The van der Waals surface area contributed by atoms with Crippen LogP contribution >= 0.6 is 11.6 Å². The maximum absolute atomic E-state index is 12.6. The number of nitrogens with one attached hydrogen (secondary N) is 2. The Morgan fingerprint density at radius 1 is 1.09 bits per heavy atom. The van der Waals surface area contributed by atoms with Crippen LogP contribution < -0.4 is 20.1 Å². The second-order valence-electron chi connectivity index (χ2n) is 8.72. The second kappa shape index (κ2) is 8.44. The molecule has 0 aromatic heterocycles. The smallest absolute Gasteiger partial charge is 0.484 e. The predicted molar refractivity (Wildman–Crippen MR) is 114 cm³/mol. The fourth-order valence-corrected chi connectivity index (χ4v) is 4.69. The highest BCUT2D eigenvalue weighted by atomic mass is 35.5. The van der Waals surface area contributed by atoms with Gasteiger partial charge in [0, 0.05) is 17.1 Å². The standard InChI is InChI=1S/C23H22ClF3N2O4/c1-14-7-16(5-6-18(14)24)32-10-19(30)29-22-11-21(12-22,13-22)20(31)28-9-15-3-2-4-17(8-15)33-23(25,26)27/h2-8H,9-13H2,1H3,(H,28,31)(H,29,30). The van der Waals surface area contributed by atoms with Crippen LogP contribution in [-0.4, -0.2) is 30.3 Å². The minimum Gasteiger partial charge on any atom is -0.484 e. The number of carbonyl (C=O) groups is 2. The van der Waals surface area contributed by atoms with Crippen LogP contribution in [0, 0.1) is 12.3 Å². The number of carbonyl (C=O) groups excluding carboxylic acids is 2. The van der Waals surface area contributed by atoms with E-state index in [9.17, 15) is 22.8 Å². The average molecular weight is 483 g/mol. The molecule has 0 unspecified atom stereocenters. The molecule has 2 N–H and O–H groups in total. The third kappa shape index (κ3) is 5.19. The number of hydrogen-bond acceptors (Lipinski definition) is 4. The zero-order chi connectivity index (χ0) is 23.9. The maximum atomic E-state index is 12.6. The SMILES string of the molecule is Cc1cc(OCC(=O)NC23CC(C(=O)NCc4cccc(OC(F)(F)F)c4)(C2)C3)ccc1Cl. The molecule has 6 nitrogen and oxygen atoms in total. The zero-order valence-corrected chi connectivity index (χ0v) is 18.5. The van der Waals surface area contributed by atoms with Gasteiger partial charge in [-0.1, -0.05) is 23.7 Å². The summed E-state index contributed by atoms with van der Waals surface area (Å²) in [6.45, 7) is 1.79. The summed E-state index contributed by atoms with van der Waals surface area (Å²) in [5.74, 6) is -0.228. The van der Waals surface area contributed by atoms with Crippen LogP contribution in [0.25, 0.3) is 0 Å². The number of hydrogen-bond donors (Lipinski definition) is 2. The van der Waals surface area contributed by atoms with Gasteiger partial charge in [0.25, 0.3) is 5.91 Å². The van der Waals surface area contributed by atoms with Gasteiger partial charge in [-0.05, 0) is 67.6 Å². The molecule has 10 heteroatoms. The Morgan fingerprint density at radius 2 is 1.82 bits per heavy atom. The van der Waals surface area contributed by atoms with Crippen molar-refractivity contribution in [3.05, 3.63) is 58.6 Å². The Hall–Kier alpha value is -2.94. The Balaban J connectivity index is 1.21. The van der Waals surface area contributed by atoms with E-state index >= 15 is 0 Å². The van der Waals surface area contributed by atoms with Crippen molar-refractivity contribution in [3.63, 3.8) is 0 Å². The molecule has 3 aliphatic rings. The molecule has 0 saturated heterocycles. The Labute approximate surface area is 193 Å². The van der Waals surface area contributed by atoms with E-state index in [1.165, 1.54) is 18.2 Å². The van der Waals surface area contributed by atoms with Gasteiger partial charge in [0.1, 0.15) is 11.5 Å². The van der Waals surface area contributed by atoms with Gasteiger partial charge in [-0.2, -0.15) is 0 Å². The van der Waals surface area contributed by atoms with Gasteiger partial charge in [-0.15, -0.1) is 13.2 Å². The normalized spacial score (nSPS) is 23.1. The van der Waals surface area contributed by atoms with Crippen LogP contribution in [0.3, 0.4) is 0 Å². The monoisotopic (exact) mass is 482 g/mol. The van der Waals surface area contributed by atoms with Gasteiger partial charge < -0.3 is 20.1 Å². The van der Waals surface area contributed by atoms with Crippen LogP contribution in [0.15, 0.2) is 42.5 Å². The lowest BCUT2D eigenvalue weighted by molar-refractivity contribution is -0.274. The summed E-state index contributed by atoms with van der Waals surface area (Å²) in [5.41, 5.74) is 0.409. The van der Waals surface area contributed by atoms with E-state index in [0.717, 1.165) is 5.56 Å². The lowest BCUT2D eigenvalue weighted by atomic mass is 9.39. The first-order valence-corrected chi connectivity index (χ1v) is 10.7. The first-order chi connectivity index (χ1) is 15.5. The maximum Gasteiger partial charge on any atom is 0.573 e. The van der Waals surface area contributed by atoms with Crippen molar-refractivity contribution >= 4 is 23.4 Å². The highest BCUT2D eigenvalue weighted by molar-refractivity contribution is 6.31. The van der Waals surface area contributed by atoms with Gasteiger partial charge >= 0.3 is 6.36 Å². The lowest BCUT2D eigenvalue weighted by Crippen LogP contribution is -2.78. The number of benzene rings is 2. The third-order valence-corrected chi connectivity index (χ3v) is 6.43. The Kier molecular flexibility index (Phi) is 5.94. The third-order valence-electron chi connectivity index (χ3n) is 6.00. The minimum absolute atomic E-state index is 0.0867. The van der Waals surface area contributed by atoms with Crippen molar-refractivity contribution in [3.8, 4) is 11.5 Å². The lowest BCUT2D eigenvalue weighted by Gasteiger charge is -2.69. The molecule has 0 atom stereocenters. The molecule has 2 bridgehead atoms. The van der Waals surface area contributed by atoms with Gasteiger partial charge in [0.2, 0.25) is 5.91 Å². The van der Waals surface area contributed by atoms with Crippen molar-refractivity contribution in [1.82, 2.24) is 10.6 Å². The topological polar surface area (TPSA) is 76.7 Å². The fraction of sp³-hybridized carbons (Fsp3) is 0.391. The van der Waals surface area contributed by atoms with Gasteiger partial charge in [-0.25, -0.2) is 0 Å². The predicted octanol–water partition coefficient (Wildman–Crippen LogP) is 4.28. The fourth-order valence-electron chi connectivity index (χ4n) is 4.57. The van der Waals surface area contributed by atoms with E-state index in [4.69, 9.17) is 16.3 Å². The van der Waals surface area contributed by atoms with Crippen LogP contribution in [0.1, 0.15) is 30.4 Å². The highest BCUT2D eigenvalue weighted by Gasteiger charge is 2.72. The second-order valence-corrected chi connectivity index (χ2v) is 9.12. The molecular weight excluding hydrogens is 461 g/mol. The molecule has 0 spiro atoms. The summed E-state index contributed by atoms with van der Waals surface area (Å²) in [4.78, 5) is 24.9. The molecule has 0 radical (unpaired) electrons. The molecule has 0 heterocycles. The summed E-state index contributed by atoms with van der Waals surface area (Å²) in [6, 6.07) is 10.6. The zero-order valence-electron chi connectivity index (χ0n) is 17.7. The van der Waals surface area contributed by atoms with Crippen LogP contribution in [-0.2, 0) is 16.1 Å². The number of amides is 2. The molecule has 176 valence electrons. The van der Waals surface area contributed by atoms with E-state index < -0.39 is 17.3 Å². The van der Waals surface area contributed by atoms with Gasteiger partial charge in [-0.3, -0.25) is 9.59 Å². The summed E-state index contributed by atoms with van der Waals surface area (Å²) in [7, 11) is 0. The Morgan fingerprint density at radius 3 is 2.48 bits per heavy atom. The molecule has 2 amide bonds. The molecule has 0 aliphatic heterocycles. The molecule has 3 aliphatic carbocycles. The quantitative estimate of drug-likeness (QED) is 0.589. The van der Waals surface area contributed by atoms with Crippen molar-refractivity contribution < 1.29 is 32.2 Å². The molecular formula is C23H22ClF3N2O4. The van der Waals surface area contributed by atoms with Crippen molar-refractivity contribution in [2.75, 3.05) is 6.61 Å². The number of alkyl halides is 3. The molecule has 2 aromatic carbocycles. The molecule has 2 aromatic rings. The minimum atomic E-state index is -4.77. The van der Waals surface area contributed by atoms with Crippen LogP contribution in [0.5, 0.6) is 11.5 Å². The molecule has 3 saturated carbocycles. The summed E-state index contributed by atoms with van der Waals surface area (Å²) in [6.07, 6.45) is -3.20. The van der Waals surface area contributed by atoms with Crippen molar-refractivity contribution in [2.24, 2.45) is 5.41 Å². The van der Waals surface area contributed by atoms with E-state index in [1.807, 2.05) is 6.92 Å².